The van der Waals surface area contributed by atoms with Gasteiger partial charge in [-0.15, -0.1) is 0 Å². The summed E-state index contributed by atoms with van der Waals surface area (Å²) in [7, 11) is 0. The standard InChI is InChI=1S/C25H32F4N4O3S/c1-4-11-33(37(35)36)21-7-5-18(14-20(21)26)17(3)24(34)30-15-19-6-8-22(25(27,28)29)31-23(19)32-12-9-16(2)10-13-32/h5-8,14,16-17H,4,9-13,15H2,1-3H3,(H,30,34)(H,35,36)/p-1. The first-order valence-electron chi connectivity index (χ1n) is 12.2. The average molecular weight is 544 g/mol. The maximum atomic E-state index is 14.7. The van der Waals surface area contributed by atoms with Crippen LogP contribution in [0, 0.1) is 11.7 Å². The minimum Gasteiger partial charge on any atom is -0.755 e. The molecule has 3 rings (SSSR count). The lowest BCUT2D eigenvalue weighted by molar-refractivity contribution is -0.141. The van der Waals surface area contributed by atoms with Crippen LogP contribution in [0.25, 0.3) is 0 Å². The number of carbonyl (C=O) groups is 1. The first kappa shape index (κ1) is 28.8. The van der Waals surface area contributed by atoms with Crippen molar-refractivity contribution < 1.29 is 31.1 Å². The molecule has 2 heterocycles. The van der Waals surface area contributed by atoms with E-state index in [9.17, 15) is 31.1 Å². The second-order valence-electron chi connectivity index (χ2n) is 9.32. The van der Waals surface area contributed by atoms with E-state index in [0.717, 1.165) is 29.3 Å². The van der Waals surface area contributed by atoms with E-state index in [1.54, 1.807) is 13.8 Å². The van der Waals surface area contributed by atoms with E-state index in [0.29, 0.717) is 36.6 Å². The Morgan fingerprint density at radius 3 is 2.51 bits per heavy atom. The molecule has 1 saturated heterocycles. The van der Waals surface area contributed by atoms with E-state index in [2.05, 4.69) is 17.2 Å². The largest absolute Gasteiger partial charge is 0.755 e. The highest BCUT2D eigenvalue weighted by molar-refractivity contribution is 7.80. The molecule has 1 aromatic heterocycles. The van der Waals surface area contributed by atoms with Crippen molar-refractivity contribution in [3.05, 3.63) is 53.0 Å². The summed E-state index contributed by atoms with van der Waals surface area (Å²) in [5.74, 6) is -1.35. The Hall–Kier alpha value is -2.73. The molecule has 0 spiro atoms. The van der Waals surface area contributed by atoms with Gasteiger partial charge in [0.1, 0.15) is 17.3 Å². The fraction of sp³-hybridized carbons (Fsp3) is 0.520. The Kier molecular flexibility index (Phi) is 9.51. The van der Waals surface area contributed by atoms with Gasteiger partial charge < -0.3 is 14.8 Å². The molecular formula is C25H31F4N4O3S-. The van der Waals surface area contributed by atoms with Crippen LogP contribution in [0.3, 0.4) is 0 Å². The summed E-state index contributed by atoms with van der Waals surface area (Å²) < 4.78 is 78.5. The molecule has 1 fully saturated rings. The Balaban J connectivity index is 1.76. The van der Waals surface area contributed by atoms with Crippen molar-refractivity contribution in [1.29, 1.82) is 0 Å². The Bertz CT molecular complexity index is 1120. The van der Waals surface area contributed by atoms with Crippen LogP contribution in [-0.2, 0) is 28.8 Å². The van der Waals surface area contributed by atoms with E-state index < -0.39 is 40.8 Å². The van der Waals surface area contributed by atoms with Gasteiger partial charge in [0.25, 0.3) is 0 Å². The van der Waals surface area contributed by atoms with E-state index in [1.165, 1.54) is 18.2 Å². The fourth-order valence-electron chi connectivity index (χ4n) is 4.23. The van der Waals surface area contributed by atoms with Gasteiger partial charge in [0.2, 0.25) is 5.91 Å². The number of carbonyl (C=O) groups excluding carboxylic acids is 1. The van der Waals surface area contributed by atoms with Crippen LogP contribution in [0.5, 0.6) is 0 Å². The summed E-state index contributed by atoms with van der Waals surface area (Å²) in [6.45, 7) is 6.64. The molecule has 0 bridgehead atoms. The second-order valence-corrected chi connectivity index (χ2v) is 10.2. The van der Waals surface area contributed by atoms with Crippen LogP contribution in [0.2, 0.25) is 0 Å². The van der Waals surface area contributed by atoms with Gasteiger partial charge in [-0.2, -0.15) is 13.2 Å². The van der Waals surface area contributed by atoms with Gasteiger partial charge in [-0.1, -0.05) is 26.0 Å². The summed E-state index contributed by atoms with van der Waals surface area (Å²) >= 11 is -2.65. The zero-order valence-corrected chi connectivity index (χ0v) is 21.8. The lowest BCUT2D eigenvalue weighted by atomic mass is 9.98. The lowest BCUT2D eigenvalue weighted by Gasteiger charge is -2.33. The molecule has 37 heavy (non-hydrogen) atoms. The van der Waals surface area contributed by atoms with Crippen molar-refractivity contribution in [2.75, 3.05) is 28.8 Å². The maximum Gasteiger partial charge on any atom is 0.433 e. The van der Waals surface area contributed by atoms with Crippen molar-refractivity contribution in [1.82, 2.24) is 10.3 Å². The van der Waals surface area contributed by atoms with Crippen LogP contribution < -0.4 is 14.5 Å². The molecule has 1 aromatic carbocycles. The summed E-state index contributed by atoms with van der Waals surface area (Å²) in [5, 5.41) is 2.72. The number of anilines is 2. The summed E-state index contributed by atoms with van der Waals surface area (Å²) in [6.07, 6.45) is -2.43. The first-order valence-corrected chi connectivity index (χ1v) is 13.2. The first-order chi connectivity index (χ1) is 17.4. The summed E-state index contributed by atoms with van der Waals surface area (Å²) in [6, 6.07) is 6.15. The molecule has 204 valence electrons. The number of pyridine rings is 1. The number of hydrogen-bond donors (Lipinski definition) is 1. The van der Waals surface area contributed by atoms with Gasteiger partial charge in [-0.05, 0) is 55.9 Å². The molecular weight excluding hydrogens is 512 g/mol. The highest BCUT2D eigenvalue weighted by atomic mass is 32.2. The van der Waals surface area contributed by atoms with Crippen LogP contribution in [0.15, 0.2) is 30.3 Å². The molecule has 0 radical (unpaired) electrons. The number of amides is 1. The molecule has 7 nitrogen and oxygen atoms in total. The third-order valence-corrected chi connectivity index (χ3v) is 7.26. The number of nitrogens with one attached hydrogen (secondary N) is 1. The van der Waals surface area contributed by atoms with Gasteiger partial charge in [-0.25, -0.2) is 9.37 Å². The quantitative estimate of drug-likeness (QED) is 0.359. The zero-order valence-electron chi connectivity index (χ0n) is 21.0. The summed E-state index contributed by atoms with van der Waals surface area (Å²) in [4.78, 5) is 18.6. The molecule has 0 saturated carbocycles. The Labute approximate surface area is 216 Å². The predicted octanol–water partition coefficient (Wildman–Crippen LogP) is 4.91. The van der Waals surface area contributed by atoms with Crippen molar-refractivity contribution in [2.24, 2.45) is 5.92 Å². The fourth-order valence-corrected chi connectivity index (χ4v) is 4.87. The van der Waals surface area contributed by atoms with Gasteiger partial charge >= 0.3 is 6.18 Å². The van der Waals surface area contributed by atoms with Crippen molar-refractivity contribution >= 4 is 28.7 Å². The highest BCUT2D eigenvalue weighted by Crippen LogP contribution is 2.32. The molecule has 1 aliphatic rings. The van der Waals surface area contributed by atoms with Gasteiger partial charge in [0, 0.05) is 43.0 Å². The van der Waals surface area contributed by atoms with Crippen LogP contribution in [0.1, 0.15) is 62.8 Å². The molecule has 1 N–H and O–H groups in total. The maximum absolute atomic E-state index is 14.7. The number of benzene rings is 1. The van der Waals surface area contributed by atoms with Crippen molar-refractivity contribution in [3.8, 4) is 0 Å². The van der Waals surface area contributed by atoms with E-state index in [1.807, 2.05) is 4.90 Å². The van der Waals surface area contributed by atoms with E-state index >= 15 is 0 Å². The molecule has 2 aromatic rings. The number of alkyl halides is 3. The number of rotatable bonds is 9. The van der Waals surface area contributed by atoms with Crippen molar-refractivity contribution in [2.45, 2.75) is 58.7 Å². The van der Waals surface area contributed by atoms with Crippen molar-refractivity contribution in [3.63, 3.8) is 0 Å². The number of nitrogens with zero attached hydrogens (tertiary/aromatic N) is 3. The molecule has 2 atom stereocenters. The predicted molar refractivity (Wildman–Crippen MR) is 133 cm³/mol. The van der Waals surface area contributed by atoms with E-state index in [-0.39, 0.29) is 24.6 Å². The molecule has 1 amide bonds. The smallest absolute Gasteiger partial charge is 0.433 e. The van der Waals surface area contributed by atoms with Crippen LogP contribution in [0.4, 0.5) is 29.1 Å². The summed E-state index contributed by atoms with van der Waals surface area (Å²) in [5.41, 5.74) is -0.306. The molecule has 1 aliphatic heterocycles. The second kappa shape index (κ2) is 12.2. The Morgan fingerprint density at radius 2 is 1.95 bits per heavy atom. The molecule has 0 aliphatic carbocycles. The van der Waals surface area contributed by atoms with Crippen LogP contribution in [-0.4, -0.2) is 39.3 Å². The van der Waals surface area contributed by atoms with Gasteiger partial charge in [0.15, 0.2) is 0 Å². The average Bonchev–Trinajstić information content (AvgIpc) is 2.85. The van der Waals surface area contributed by atoms with E-state index in [4.69, 9.17) is 0 Å². The number of halogens is 4. The third-order valence-electron chi connectivity index (χ3n) is 6.52. The SMILES string of the molecule is CCCN(c1ccc(C(C)C(=O)NCc2ccc(C(F)(F)F)nc2N2CCC(C)CC2)cc1F)S(=O)[O-]. The normalized spacial score (nSPS) is 16.4. The third kappa shape index (κ3) is 7.19. The monoisotopic (exact) mass is 543 g/mol. The highest BCUT2D eigenvalue weighted by Gasteiger charge is 2.34. The number of aromatic nitrogens is 1. The topological polar surface area (TPSA) is 88.6 Å². The number of hydrogen-bond acceptors (Lipinski definition) is 5. The number of piperidine rings is 1. The minimum atomic E-state index is -4.59. The molecule has 2 unspecified atom stereocenters. The minimum absolute atomic E-state index is 0.0459. The van der Waals surface area contributed by atoms with Gasteiger partial charge in [0.05, 0.1) is 11.6 Å². The van der Waals surface area contributed by atoms with Crippen LogP contribution >= 0.6 is 0 Å². The molecule has 12 heteroatoms. The van der Waals surface area contributed by atoms with Gasteiger partial charge in [-0.3, -0.25) is 13.3 Å². The Morgan fingerprint density at radius 1 is 1.27 bits per heavy atom. The lowest BCUT2D eigenvalue weighted by Crippen LogP contribution is -2.35. The zero-order chi connectivity index (χ0) is 27.3.